The number of carboxylic acids is 1. The molecule has 1 unspecified atom stereocenters. The summed E-state index contributed by atoms with van der Waals surface area (Å²) < 4.78 is 0. The Morgan fingerprint density at radius 1 is 1.47 bits per heavy atom. The van der Waals surface area contributed by atoms with Crippen molar-refractivity contribution in [2.75, 3.05) is 18.1 Å². The predicted molar refractivity (Wildman–Crippen MR) is 75.6 cm³/mol. The summed E-state index contributed by atoms with van der Waals surface area (Å²) in [4.78, 5) is 26.0. The van der Waals surface area contributed by atoms with Gasteiger partial charge in [-0.25, -0.2) is 4.79 Å². The zero-order valence-electron chi connectivity index (χ0n) is 10.8. The van der Waals surface area contributed by atoms with Crippen LogP contribution in [0.4, 0.5) is 10.5 Å². The molecule has 0 aliphatic rings. The molecule has 1 aromatic heterocycles. The SMILES string of the molecule is CSC(C)CNC(=O)Nc1ccc(CC(=O)O)nc1. The number of carboxylic acid groups (broad SMARTS) is 1. The van der Waals surface area contributed by atoms with Gasteiger partial charge in [0.15, 0.2) is 0 Å². The topological polar surface area (TPSA) is 91.3 Å². The van der Waals surface area contributed by atoms with Crippen molar-refractivity contribution in [3.8, 4) is 0 Å². The molecule has 3 N–H and O–H groups in total. The van der Waals surface area contributed by atoms with Crippen LogP contribution in [0.2, 0.25) is 0 Å². The van der Waals surface area contributed by atoms with E-state index in [0.29, 0.717) is 23.2 Å². The van der Waals surface area contributed by atoms with E-state index in [0.717, 1.165) is 0 Å². The maximum Gasteiger partial charge on any atom is 0.319 e. The highest BCUT2D eigenvalue weighted by atomic mass is 32.2. The fourth-order valence-corrected chi connectivity index (χ4v) is 1.50. The molecule has 0 bridgehead atoms. The second-order valence-electron chi connectivity index (χ2n) is 3.99. The first-order chi connectivity index (χ1) is 9.01. The molecule has 104 valence electrons. The fourth-order valence-electron chi connectivity index (χ4n) is 1.25. The normalized spacial score (nSPS) is 11.7. The van der Waals surface area contributed by atoms with Crippen molar-refractivity contribution in [1.82, 2.24) is 10.3 Å². The first kappa shape index (κ1) is 15.3. The molecule has 0 aromatic carbocycles. The number of thioether (sulfide) groups is 1. The lowest BCUT2D eigenvalue weighted by Gasteiger charge is -2.11. The van der Waals surface area contributed by atoms with Crippen LogP contribution in [-0.4, -0.2) is 40.1 Å². The Labute approximate surface area is 116 Å². The molecule has 1 heterocycles. The third kappa shape index (κ3) is 6.10. The van der Waals surface area contributed by atoms with Gasteiger partial charge in [0.2, 0.25) is 0 Å². The van der Waals surface area contributed by atoms with Gasteiger partial charge in [-0.05, 0) is 18.4 Å². The standard InChI is InChI=1S/C12H17N3O3S/c1-8(19-2)6-14-12(18)15-10-4-3-9(13-7-10)5-11(16)17/h3-4,7-8H,5-6H2,1-2H3,(H,16,17)(H2,14,15,18). The summed E-state index contributed by atoms with van der Waals surface area (Å²) in [6.45, 7) is 2.60. The van der Waals surface area contributed by atoms with E-state index in [1.807, 2.05) is 13.2 Å². The lowest BCUT2D eigenvalue weighted by atomic mass is 10.2. The van der Waals surface area contributed by atoms with Gasteiger partial charge in [0.1, 0.15) is 0 Å². The van der Waals surface area contributed by atoms with Crippen LogP contribution in [0.15, 0.2) is 18.3 Å². The van der Waals surface area contributed by atoms with Gasteiger partial charge in [0.25, 0.3) is 0 Å². The minimum Gasteiger partial charge on any atom is -0.481 e. The summed E-state index contributed by atoms with van der Waals surface area (Å²) in [7, 11) is 0. The Morgan fingerprint density at radius 2 is 2.21 bits per heavy atom. The van der Waals surface area contributed by atoms with E-state index in [1.165, 1.54) is 6.20 Å². The number of carbonyl (C=O) groups excluding carboxylic acids is 1. The van der Waals surface area contributed by atoms with Gasteiger partial charge in [-0.3, -0.25) is 9.78 Å². The minimum atomic E-state index is -0.933. The van der Waals surface area contributed by atoms with E-state index < -0.39 is 5.97 Å². The van der Waals surface area contributed by atoms with Crippen molar-refractivity contribution in [2.24, 2.45) is 0 Å². The maximum absolute atomic E-state index is 11.5. The average Bonchev–Trinajstić information content (AvgIpc) is 2.37. The van der Waals surface area contributed by atoms with Crippen molar-refractivity contribution in [3.05, 3.63) is 24.0 Å². The Hall–Kier alpha value is -1.76. The second-order valence-corrected chi connectivity index (χ2v) is 5.27. The molecule has 0 saturated heterocycles. The number of rotatable bonds is 6. The monoisotopic (exact) mass is 283 g/mol. The van der Waals surface area contributed by atoms with Crippen LogP contribution in [-0.2, 0) is 11.2 Å². The van der Waals surface area contributed by atoms with E-state index in [-0.39, 0.29) is 12.5 Å². The number of aliphatic carboxylic acids is 1. The number of nitrogens with one attached hydrogen (secondary N) is 2. The first-order valence-electron chi connectivity index (χ1n) is 5.75. The number of pyridine rings is 1. The molecule has 0 aliphatic heterocycles. The van der Waals surface area contributed by atoms with Crippen molar-refractivity contribution in [3.63, 3.8) is 0 Å². The molecule has 1 rings (SSSR count). The first-order valence-corrected chi connectivity index (χ1v) is 7.04. The van der Waals surface area contributed by atoms with Gasteiger partial charge in [-0.2, -0.15) is 11.8 Å². The highest BCUT2D eigenvalue weighted by molar-refractivity contribution is 7.99. The molecule has 6 nitrogen and oxygen atoms in total. The number of nitrogens with zero attached hydrogens (tertiary/aromatic N) is 1. The van der Waals surface area contributed by atoms with Gasteiger partial charge in [0, 0.05) is 11.8 Å². The Balaban J connectivity index is 2.44. The van der Waals surface area contributed by atoms with Gasteiger partial charge < -0.3 is 15.7 Å². The molecule has 0 spiro atoms. The van der Waals surface area contributed by atoms with Crippen molar-refractivity contribution in [2.45, 2.75) is 18.6 Å². The largest absolute Gasteiger partial charge is 0.481 e. The van der Waals surface area contributed by atoms with E-state index in [1.54, 1.807) is 23.9 Å². The van der Waals surface area contributed by atoms with Gasteiger partial charge in [-0.1, -0.05) is 6.92 Å². The highest BCUT2D eigenvalue weighted by Crippen LogP contribution is 2.07. The smallest absolute Gasteiger partial charge is 0.319 e. The van der Waals surface area contributed by atoms with Crippen LogP contribution in [0.1, 0.15) is 12.6 Å². The zero-order chi connectivity index (χ0) is 14.3. The molecule has 7 heteroatoms. The van der Waals surface area contributed by atoms with Crippen molar-refractivity contribution in [1.29, 1.82) is 0 Å². The second kappa shape index (κ2) is 7.63. The van der Waals surface area contributed by atoms with Crippen LogP contribution >= 0.6 is 11.8 Å². The minimum absolute atomic E-state index is 0.127. The maximum atomic E-state index is 11.5. The third-order valence-electron chi connectivity index (χ3n) is 2.37. The van der Waals surface area contributed by atoms with Crippen LogP contribution in [0, 0.1) is 0 Å². The van der Waals surface area contributed by atoms with Crippen LogP contribution < -0.4 is 10.6 Å². The van der Waals surface area contributed by atoms with Gasteiger partial charge >= 0.3 is 12.0 Å². The lowest BCUT2D eigenvalue weighted by molar-refractivity contribution is -0.136. The molecule has 0 fully saturated rings. The molecule has 0 aliphatic carbocycles. The molecule has 19 heavy (non-hydrogen) atoms. The predicted octanol–water partition coefficient (Wildman–Crippen LogP) is 1.58. The van der Waals surface area contributed by atoms with Crippen molar-refractivity contribution < 1.29 is 14.7 Å². The quantitative estimate of drug-likeness (QED) is 0.737. The van der Waals surface area contributed by atoms with Crippen LogP contribution in [0.3, 0.4) is 0 Å². The van der Waals surface area contributed by atoms with Crippen LogP contribution in [0.5, 0.6) is 0 Å². The number of hydrogen-bond donors (Lipinski definition) is 3. The summed E-state index contributed by atoms with van der Waals surface area (Å²) in [6.07, 6.45) is 3.29. The fraction of sp³-hybridized carbons (Fsp3) is 0.417. The molecule has 1 aromatic rings. The summed E-state index contributed by atoms with van der Waals surface area (Å²) in [6, 6.07) is 2.91. The number of anilines is 1. The Morgan fingerprint density at radius 3 is 2.74 bits per heavy atom. The average molecular weight is 283 g/mol. The summed E-state index contributed by atoms with van der Waals surface area (Å²) >= 11 is 1.67. The summed E-state index contributed by atoms with van der Waals surface area (Å²) in [5.41, 5.74) is 0.984. The molecular weight excluding hydrogens is 266 g/mol. The molecular formula is C12H17N3O3S. The number of carbonyl (C=O) groups is 2. The zero-order valence-corrected chi connectivity index (χ0v) is 11.7. The lowest BCUT2D eigenvalue weighted by Crippen LogP contribution is -2.33. The Kier molecular flexibility index (Phi) is 6.14. The molecule has 1 atom stereocenters. The number of aromatic nitrogens is 1. The molecule has 0 saturated carbocycles. The van der Waals surface area contributed by atoms with E-state index in [9.17, 15) is 9.59 Å². The van der Waals surface area contributed by atoms with Crippen LogP contribution in [0.25, 0.3) is 0 Å². The van der Waals surface area contributed by atoms with E-state index >= 15 is 0 Å². The van der Waals surface area contributed by atoms with E-state index in [2.05, 4.69) is 15.6 Å². The number of urea groups is 1. The van der Waals surface area contributed by atoms with Gasteiger partial charge in [-0.15, -0.1) is 0 Å². The molecule has 0 radical (unpaired) electrons. The summed E-state index contributed by atoms with van der Waals surface area (Å²) in [5, 5.41) is 14.3. The van der Waals surface area contributed by atoms with E-state index in [4.69, 9.17) is 5.11 Å². The number of hydrogen-bond acceptors (Lipinski definition) is 4. The third-order valence-corrected chi connectivity index (χ3v) is 3.34. The van der Waals surface area contributed by atoms with Gasteiger partial charge in [0.05, 0.1) is 24.0 Å². The highest BCUT2D eigenvalue weighted by Gasteiger charge is 2.06. The Bertz CT molecular complexity index is 436. The number of amides is 2. The summed E-state index contributed by atoms with van der Waals surface area (Å²) in [5.74, 6) is -0.933. The van der Waals surface area contributed by atoms with Crippen molar-refractivity contribution >= 4 is 29.4 Å². The molecule has 2 amide bonds.